The molecular weight excluding hydrogens is 306 g/mol. The van der Waals surface area contributed by atoms with Gasteiger partial charge >= 0.3 is 0 Å². The van der Waals surface area contributed by atoms with Crippen LogP contribution < -0.4 is 16.2 Å². The number of carbonyl (C=O) groups is 1. The van der Waals surface area contributed by atoms with Gasteiger partial charge in [-0.3, -0.25) is 4.79 Å². The molecule has 1 amide bonds. The summed E-state index contributed by atoms with van der Waals surface area (Å²) in [5.74, 6) is -0.931. The number of nitrogens with two attached hydrogens (primary N) is 2. The summed E-state index contributed by atoms with van der Waals surface area (Å²) in [6, 6.07) is 2.82. The Balaban J connectivity index is 3.68. The van der Waals surface area contributed by atoms with Gasteiger partial charge in [-0.2, -0.15) is 4.99 Å². The van der Waals surface area contributed by atoms with Crippen molar-refractivity contribution in [2.45, 2.75) is 31.1 Å². The molecule has 0 aromatic heterocycles. The van der Waals surface area contributed by atoms with Gasteiger partial charge in [-0.15, -0.1) is 0 Å². The topological polar surface area (TPSA) is 125 Å². The number of rotatable bonds is 5. The quantitative estimate of drug-likeness (QED) is 0.614. The molecule has 8 heteroatoms. The number of aliphatic imine (C=N–C) groups is 1. The maximum Gasteiger partial charge on any atom is 0.283 e. The number of sulfone groups is 1. The van der Waals surface area contributed by atoms with E-state index in [9.17, 15) is 13.2 Å². The van der Waals surface area contributed by atoms with E-state index in [4.69, 9.17) is 16.2 Å². The van der Waals surface area contributed by atoms with Crippen LogP contribution in [0.2, 0.25) is 0 Å². The van der Waals surface area contributed by atoms with E-state index in [1.54, 1.807) is 6.07 Å². The largest absolute Gasteiger partial charge is 0.496 e. The predicted octanol–water partition coefficient (Wildman–Crippen LogP) is 1.03. The number of methoxy groups -OCH3 is 1. The molecule has 7 nitrogen and oxygen atoms in total. The highest BCUT2D eigenvalue weighted by atomic mass is 32.2. The molecule has 22 heavy (non-hydrogen) atoms. The summed E-state index contributed by atoms with van der Waals surface area (Å²) in [5, 5.41) is 0. The van der Waals surface area contributed by atoms with E-state index >= 15 is 0 Å². The first-order chi connectivity index (χ1) is 10.1. The zero-order valence-corrected chi connectivity index (χ0v) is 13.9. The highest BCUT2D eigenvalue weighted by Gasteiger charge is 2.23. The summed E-state index contributed by atoms with van der Waals surface area (Å²) in [6.07, 6.45) is 1.84. The number of amides is 1. The molecule has 0 bridgehead atoms. The third kappa shape index (κ3) is 3.97. The summed E-state index contributed by atoms with van der Waals surface area (Å²) in [4.78, 5) is 15.6. The van der Waals surface area contributed by atoms with Gasteiger partial charge in [-0.25, -0.2) is 8.42 Å². The minimum Gasteiger partial charge on any atom is -0.496 e. The van der Waals surface area contributed by atoms with Crippen molar-refractivity contribution < 1.29 is 17.9 Å². The van der Waals surface area contributed by atoms with Crippen molar-refractivity contribution in [1.82, 2.24) is 0 Å². The molecule has 0 saturated heterocycles. The lowest BCUT2D eigenvalue weighted by Crippen LogP contribution is -2.24. The maximum absolute atomic E-state index is 12.0. The molecule has 1 aromatic carbocycles. The average Bonchev–Trinajstić information content (AvgIpc) is 2.43. The van der Waals surface area contributed by atoms with E-state index in [2.05, 4.69) is 4.99 Å². The smallest absolute Gasteiger partial charge is 0.283 e. The molecule has 0 saturated carbocycles. The lowest BCUT2D eigenvalue weighted by Gasteiger charge is -2.17. The SMILES string of the molecule is CCC(C)c1cc(OC)c(C(=O)N=C(N)N)cc1S(C)(=O)=O. The Morgan fingerprint density at radius 2 is 1.95 bits per heavy atom. The van der Waals surface area contributed by atoms with Gasteiger partial charge in [0.25, 0.3) is 5.91 Å². The summed E-state index contributed by atoms with van der Waals surface area (Å²) in [5.41, 5.74) is 11.0. The van der Waals surface area contributed by atoms with Gasteiger partial charge in [-0.1, -0.05) is 13.8 Å². The summed E-state index contributed by atoms with van der Waals surface area (Å²) >= 11 is 0. The van der Waals surface area contributed by atoms with E-state index in [-0.39, 0.29) is 22.1 Å². The molecule has 0 aliphatic carbocycles. The van der Waals surface area contributed by atoms with E-state index in [0.717, 1.165) is 12.7 Å². The summed E-state index contributed by atoms with van der Waals surface area (Å²) in [6.45, 7) is 3.85. The molecule has 0 radical (unpaired) electrons. The third-order valence-corrected chi connectivity index (χ3v) is 4.49. The first-order valence-corrected chi connectivity index (χ1v) is 8.56. The summed E-state index contributed by atoms with van der Waals surface area (Å²) in [7, 11) is -2.13. The molecule has 122 valence electrons. The number of carbonyl (C=O) groups excluding carboxylic acids is 1. The number of hydrogen-bond acceptors (Lipinski definition) is 4. The Hall–Kier alpha value is -2.09. The van der Waals surface area contributed by atoms with Crippen LogP contribution in [0.25, 0.3) is 0 Å². The number of hydrogen-bond donors (Lipinski definition) is 2. The lowest BCUT2D eigenvalue weighted by molar-refractivity contribution is 0.0999. The Kier molecular flexibility index (Phi) is 5.54. The van der Waals surface area contributed by atoms with Crippen molar-refractivity contribution in [3.8, 4) is 5.75 Å². The van der Waals surface area contributed by atoms with Crippen LogP contribution in [-0.2, 0) is 9.84 Å². The number of benzene rings is 1. The van der Waals surface area contributed by atoms with Gasteiger partial charge in [0, 0.05) is 6.26 Å². The predicted molar refractivity (Wildman–Crippen MR) is 85.0 cm³/mol. The van der Waals surface area contributed by atoms with Gasteiger partial charge < -0.3 is 16.2 Å². The molecule has 1 atom stereocenters. The molecule has 1 rings (SSSR count). The second kappa shape index (κ2) is 6.78. The molecule has 0 aliphatic rings. The second-order valence-corrected chi connectivity index (χ2v) is 7.00. The molecule has 1 unspecified atom stereocenters. The second-order valence-electron chi connectivity index (χ2n) is 5.01. The Labute approximate surface area is 130 Å². The van der Waals surface area contributed by atoms with Crippen LogP contribution in [-0.4, -0.2) is 33.7 Å². The molecule has 4 N–H and O–H groups in total. The standard InChI is InChI=1S/C14H21N3O4S/c1-5-8(2)9-6-11(21-3)10(13(18)17-14(15)16)7-12(9)22(4,19)20/h6-8H,5H2,1-4H3,(H4,15,16,17,18). The Morgan fingerprint density at radius 3 is 2.36 bits per heavy atom. The fourth-order valence-corrected chi connectivity index (χ4v) is 3.04. The van der Waals surface area contributed by atoms with Crippen molar-refractivity contribution >= 4 is 21.7 Å². The zero-order chi connectivity index (χ0) is 17.1. The Bertz CT molecular complexity index is 707. The van der Waals surface area contributed by atoms with Crippen LogP contribution in [0.4, 0.5) is 0 Å². The number of nitrogens with zero attached hydrogens (tertiary/aromatic N) is 1. The highest BCUT2D eigenvalue weighted by molar-refractivity contribution is 7.90. The van der Waals surface area contributed by atoms with E-state index < -0.39 is 21.7 Å². The first kappa shape index (κ1) is 18.0. The van der Waals surface area contributed by atoms with Crippen LogP contribution in [0.15, 0.2) is 22.0 Å². The monoisotopic (exact) mass is 327 g/mol. The van der Waals surface area contributed by atoms with Gasteiger partial charge in [0.15, 0.2) is 15.8 Å². The molecule has 0 aliphatic heterocycles. The van der Waals surface area contributed by atoms with Crippen molar-refractivity contribution in [3.05, 3.63) is 23.3 Å². The molecular formula is C14H21N3O4S. The maximum atomic E-state index is 12.0. The van der Waals surface area contributed by atoms with E-state index in [1.165, 1.54) is 13.2 Å². The van der Waals surface area contributed by atoms with Crippen LogP contribution in [0, 0.1) is 0 Å². The molecule has 0 spiro atoms. The molecule has 0 fully saturated rings. The third-order valence-electron chi connectivity index (χ3n) is 3.34. The van der Waals surface area contributed by atoms with Crippen LogP contribution in [0.5, 0.6) is 5.75 Å². The fourth-order valence-electron chi connectivity index (χ4n) is 2.02. The van der Waals surface area contributed by atoms with Gasteiger partial charge in [0.05, 0.1) is 17.6 Å². The van der Waals surface area contributed by atoms with Crippen LogP contribution in [0.3, 0.4) is 0 Å². The van der Waals surface area contributed by atoms with Crippen molar-refractivity contribution in [3.63, 3.8) is 0 Å². The highest BCUT2D eigenvalue weighted by Crippen LogP contribution is 2.33. The van der Waals surface area contributed by atoms with E-state index in [0.29, 0.717) is 5.56 Å². The van der Waals surface area contributed by atoms with Gasteiger partial charge in [0.1, 0.15) is 5.75 Å². The normalized spacial score (nSPS) is 12.5. The zero-order valence-electron chi connectivity index (χ0n) is 13.1. The van der Waals surface area contributed by atoms with Crippen molar-refractivity contribution in [2.24, 2.45) is 16.5 Å². The van der Waals surface area contributed by atoms with Gasteiger partial charge in [0.2, 0.25) is 0 Å². The van der Waals surface area contributed by atoms with Crippen molar-refractivity contribution in [1.29, 1.82) is 0 Å². The molecule has 1 aromatic rings. The average molecular weight is 327 g/mol. The number of ether oxygens (including phenoxy) is 1. The minimum atomic E-state index is -3.52. The van der Waals surface area contributed by atoms with E-state index in [1.807, 2.05) is 13.8 Å². The lowest BCUT2D eigenvalue weighted by atomic mass is 9.96. The molecule has 0 heterocycles. The summed E-state index contributed by atoms with van der Waals surface area (Å²) < 4.78 is 29.3. The Morgan fingerprint density at radius 1 is 1.36 bits per heavy atom. The van der Waals surface area contributed by atoms with Crippen LogP contribution in [0.1, 0.15) is 42.1 Å². The number of guanidine groups is 1. The van der Waals surface area contributed by atoms with Crippen molar-refractivity contribution in [2.75, 3.05) is 13.4 Å². The van der Waals surface area contributed by atoms with Gasteiger partial charge in [-0.05, 0) is 30.0 Å². The first-order valence-electron chi connectivity index (χ1n) is 6.67. The fraction of sp³-hybridized carbons (Fsp3) is 0.429. The van der Waals surface area contributed by atoms with Crippen LogP contribution >= 0.6 is 0 Å². The minimum absolute atomic E-state index is 0.00313.